The third kappa shape index (κ3) is 9.90. The van der Waals surface area contributed by atoms with Gasteiger partial charge < -0.3 is 5.11 Å². The first kappa shape index (κ1) is 15.5. The van der Waals surface area contributed by atoms with Crippen molar-refractivity contribution in [2.45, 2.75) is 13.0 Å². The van der Waals surface area contributed by atoms with Gasteiger partial charge in [0.2, 0.25) is 0 Å². The van der Waals surface area contributed by atoms with E-state index in [4.69, 9.17) is 16.7 Å². The summed E-state index contributed by atoms with van der Waals surface area (Å²) in [6, 6.07) is 0. The predicted octanol–water partition coefficient (Wildman–Crippen LogP) is 2.03. The minimum atomic E-state index is -0.311. The fourth-order valence-corrected chi connectivity index (χ4v) is 1.05. The molecule has 0 aromatic rings. The zero-order chi connectivity index (χ0) is 9.40. The van der Waals surface area contributed by atoms with Gasteiger partial charge in [0.25, 0.3) is 0 Å². The van der Waals surface area contributed by atoms with Crippen molar-refractivity contribution in [3.63, 3.8) is 0 Å². The molecule has 0 saturated heterocycles. The van der Waals surface area contributed by atoms with Crippen LogP contribution in [0.2, 0.25) is 0 Å². The highest BCUT2D eigenvalue weighted by Crippen LogP contribution is 1.93. The third-order valence-corrected chi connectivity index (χ3v) is 1.54. The summed E-state index contributed by atoms with van der Waals surface area (Å²) >= 11 is 5.39. The molecule has 0 bridgehead atoms. The minimum Gasteiger partial charge on any atom is -0.392 e. The molecule has 0 heterocycles. The van der Waals surface area contributed by atoms with Crippen molar-refractivity contribution in [2.24, 2.45) is 0 Å². The van der Waals surface area contributed by atoms with Gasteiger partial charge in [-0.05, 0) is 6.92 Å². The van der Waals surface area contributed by atoms with Crippen molar-refractivity contribution in [2.75, 3.05) is 19.6 Å². The second kappa shape index (κ2) is 10.1. The van der Waals surface area contributed by atoms with Gasteiger partial charge in [0.05, 0.1) is 6.10 Å². The maximum absolute atomic E-state index is 9.12. The number of hydrogen-bond donors (Lipinski definition) is 1. The number of nitrogens with zero attached hydrogens (tertiary/aromatic N) is 1. The molecular weight excluding hydrogens is 209 g/mol. The lowest BCUT2D eigenvalue weighted by molar-refractivity contribution is 0.140. The van der Waals surface area contributed by atoms with Gasteiger partial charge in [-0.2, -0.15) is 0 Å². The van der Waals surface area contributed by atoms with Crippen LogP contribution in [0.5, 0.6) is 0 Å². The Morgan fingerprint density at radius 2 is 2.15 bits per heavy atom. The lowest BCUT2D eigenvalue weighted by Crippen LogP contribution is -2.31. The molecule has 1 unspecified atom stereocenters. The molecule has 13 heavy (non-hydrogen) atoms. The maximum atomic E-state index is 9.12. The molecule has 4 heteroatoms. The zero-order valence-corrected chi connectivity index (χ0v) is 9.39. The average molecular weight is 226 g/mol. The summed E-state index contributed by atoms with van der Waals surface area (Å²) in [6.45, 7) is 7.57. The molecule has 0 aliphatic rings. The molecule has 0 saturated carbocycles. The molecule has 0 spiro atoms. The van der Waals surface area contributed by atoms with E-state index < -0.39 is 0 Å². The van der Waals surface area contributed by atoms with E-state index >= 15 is 0 Å². The van der Waals surface area contributed by atoms with E-state index in [9.17, 15) is 0 Å². The molecule has 2 nitrogen and oxygen atoms in total. The highest BCUT2D eigenvalue weighted by Gasteiger charge is 2.03. The van der Waals surface area contributed by atoms with Crippen molar-refractivity contribution in [3.8, 4) is 0 Å². The average Bonchev–Trinajstić information content (AvgIpc) is 2.00. The van der Waals surface area contributed by atoms with Gasteiger partial charge in [-0.1, -0.05) is 23.8 Å². The smallest absolute Gasteiger partial charge is 0.0639 e. The Balaban J connectivity index is 0. The van der Waals surface area contributed by atoms with Gasteiger partial charge in [0.15, 0.2) is 0 Å². The Morgan fingerprint density at radius 3 is 2.54 bits per heavy atom. The van der Waals surface area contributed by atoms with Crippen LogP contribution in [0.15, 0.2) is 24.3 Å². The SMILES string of the molecule is C=CCN(CC=CCl)CC(C)O.Cl. The molecule has 0 aliphatic heterocycles. The topological polar surface area (TPSA) is 23.5 Å². The van der Waals surface area contributed by atoms with Crippen molar-refractivity contribution < 1.29 is 5.11 Å². The monoisotopic (exact) mass is 225 g/mol. The Bertz CT molecular complexity index is 149. The number of halogens is 2. The summed E-state index contributed by atoms with van der Waals surface area (Å²) in [5.41, 5.74) is 1.48. The standard InChI is InChI=1S/C9H16ClNO.ClH/c1-3-6-11(7-4-5-10)8-9(2)12;/h3-5,9,12H,1,6-8H2,2H3;1H. The van der Waals surface area contributed by atoms with Crippen LogP contribution in [-0.4, -0.2) is 35.7 Å². The molecule has 0 radical (unpaired) electrons. The van der Waals surface area contributed by atoms with Crippen LogP contribution in [0, 0.1) is 0 Å². The van der Waals surface area contributed by atoms with Gasteiger partial charge in [0, 0.05) is 25.2 Å². The van der Waals surface area contributed by atoms with Crippen molar-refractivity contribution in [1.82, 2.24) is 4.90 Å². The van der Waals surface area contributed by atoms with Gasteiger partial charge in [0.1, 0.15) is 0 Å². The van der Waals surface area contributed by atoms with Crippen LogP contribution in [0.25, 0.3) is 0 Å². The number of rotatable bonds is 6. The zero-order valence-electron chi connectivity index (χ0n) is 7.82. The quantitative estimate of drug-likeness (QED) is 0.700. The van der Waals surface area contributed by atoms with E-state index in [0.717, 1.165) is 13.1 Å². The molecule has 0 rings (SSSR count). The number of hydrogen-bond acceptors (Lipinski definition) is 2. The molecule has 0 fully saturated rings. The Labute approximate surface area is 91.3 Å². The van der Waals surface area contributed by atoms with Crippen LogP contribution in [-0.2, 0) is 0 Å². The Morgan fingerprint density at radius 1 is 1.54 bits per heavy atom. The van der Waals surface area contributed by atoms with E-state index in [-0.39, 0.29) is 18.5 Å². The molecule has 0 amide bonds. The van der Waals surface area contributed by atoms with Crippen molar-refractivity contribution in [1.29, 1.82) is 0 Å². The van der Waals surface area contributed by atoms with Crippen molar-refractivity contribution >= 4 is 24.0 Å². The van der Waals surface area contributed by atoms with Gasteiger partial charge >= 0.3 is 0 Å². The molecule has 1 atom stereocenters. The fourth-order valence-electron chi connectivity index (χ4n) is 0.969. The summed E-state index contributed by atoms with van der Waals surface area (Å²) in [6.07, 6.45) is 3.34. The van der Waals surface area contributed by atoms with Gasteiger partial charge in [-0.15, -0.1) is 19.0 Å². The summed E-state index contributed by atoms with van der Waals surface area (Å²) < 4.78 is 0. The third-order valence-electron chi connectivity index (χ3n) is 1.36. The Hall–Kier alpha value is -0.0200. The maximum Gasteiger partial charge on any atom is 0.0639 e. The van der Waals surface area contributed by atoms with E-state index in [1.165, 1.54) is 5.54 Å². The Kier molecular flexibility index (Phi) is 12.0. The van der Waals surface area contributed by atoms with Crippen LogP contribution >= 0.6 is 24.0 Å². The molecule has 0 aliphatic carbocycles. The summed E-state index contributed by atoms with van der Waals surface area (Å²) in [7, 11) is 0. The van der Waals surface area contributed by atoms with Crippen LogP contribution < -0.4 is 0 Å². The second-order valence-corrected chi connectivity index (χ2v) is 2.97. The highest BCUT2D eigenvalue weighted by atomic mass is 35.5. The van der Waals surface area contributed by atoms with E-state index in [1.807, 2.05) is 12.2 Å². The molecule has 0 aromatic heterocycles. The predicted molar refractivity (Wildman–Crippen MR) is 60.6 cm³/mol. The summed E-state index contributed by atoms with van der Waals surface area (Å²) in [5.74, 6) is 0. The largest absolute Gasteiger partial charge is 0.392 e. The number of aliphatic hydroxyl groups is 1. The first-order chi connectivity index (χ1) is 5.70. The lowest BCUT2D eigenvalue weighted by Gasteiger charge is -2.19. The van der Waals surface area contributed by atoms with Crippen LogP contribution in [0.4, 0.5) is 0 Å². The van der Waals surface area contributed by atoms with Crippen LogP contribution in [0.3, 0.4) is 0 Å². The van der Waals surface area contributed by atoms with Crippen molar-refractivity contribution in [3.05, 3.63) is 24.3 Å². The fraction of sp³-hybridized carbons (Fsp3) is 0.556. The number of aliphatic hydroxyl groups excluding tert-OH is 1. The van der Waals surface area contributed by atoms with E-state index in [0.29, 0.717) is 6.54 Å². The van der Waals surface area contributed by atoms with Gasteiger partial charge in [-0.25, -0.2) is 0 Å². The first-order valence-electron chi connectivity index (χ1n) is 3.97. The molecule has 0 aromatic carbocycles. The first-order valence-corrected chi connectivity index (χ1v) is 4.41. The van der Waals surface area contributed by atoms with Crippen LogP contribution in [0.1, 0.15) is 6.92 Å². The highest BCUT2D eigenvalue weighted by molar-refractivity contribution is 6.25. The lowest BCUT2D eigenvalue weighted by atomic mass is 10.3. The second-order valence-electron chi connectivity index (χ2n) is 2.72. The molecule has 78 valence electrons. The summed E-state index contributed by atoms with van der Waals surface area (Å²) in [5, 5.41) is 9.12. The normalized spacial score (nSPS) is 12.9. The van der Waals surface area contributed by atoms with E-state index in [2.05, 4.69) is 11.5 Å². The summed E-state index contributed by atoms with van der Waals surface area (Å²) in [4.78, 5) is 2.05. The van der Waals surface area contributed by atoms with E-state index in [1.54, 1.807) is 6.92 Å². The minimum absolute atomic E-state index is 0. The van der Waals surface area contributed by atoms with Gasteiger partial charge in [-0.3, -0.25) is 4.90 Å². The molecule has 1 N–H and O–H groups in total. The molecular formula is C9H17Cl2NO.